The Labute approximate surface area is 146 Å². The molecule has 1 aliphatic rings. The highest BCUT2D eigenvalue weighted by atomic mass is 16.5. The van der Waals surface area contributed by atoms with Gasteiger partial charge in [0.25, 0.3) is 0 Å². The highest BCUT2D eigenvalue weighted by molar-refractivity contribution is 5.77. The Balaban J connectivity index is 1.81. The lowest BCUT2D eigenvalue weighted by Crippen LogP contribution is -2.08. The van der Waals surface area contributed by atoms with Gasteiger partial charge < -0.3 is 9.15 Å². The summed E-state index contributed by atoms with van der Waals surface area (Å²) in [6.07, 6.45) is 0.295. The Morgan fingerprint density at radius 3 is 2.32 bits per heavy atom. The molecule has 0 fully saturated rings. The number of hydrogen-bond acceptors (Lipinski definition) is 3. The van der Waals surface area contributed by atoms with Gasteiger partial charge in [0.1, 0.15) is 23.2 Å². The molecule has 1 atom stereocenters. The van der Waals surface area contributed by atoms with Gasteiger partial charge in [-0.05, 0) is 18.1 Å². The van der Waals surface area contributed by atoms with Crippen LogP contribution < -0.4 is 10.4 Å². The molecule has 25 heavy (non-hydrogen) atoms. The van der Waals surface area contributed by atoms with E-state index in [1.807, 2.05) is 55.5 Å². The van der Waals surface area contributed by atoms with Gasteiger partial charge in [-0.3, -0.25) is 0 Å². The van der Waals surface area contributed by atoms with Gasteiger partial charge in [-0.15, -0.1) is 0 Å². The first-order valence-electron chi connectivity index (χ1n) is 8.26. The molecule has 2 aromatic carbocycles. The summed E-state index contributed by atoms with van der Waals surface area (Å²) >= 11 is 0. The third-order valence-corrected chi connectivity index (χ3v) is 4.58. The average molecular weight is 330 g/mol. The molecule has 3 nitrogen and oxygen atoms in total. The van der Waals surface area contributed by atoms with Crippen LogP contribution in [0.2, 0.25) is 0 Å². The number of fused-ring (bicyclic) bond motifs is 1. The third-order valence-electron chi connectivity index (χ3n) is 4.58. The molecule has 0 spiro atoms. The predicted molar refractivity (Wildman–Crippen MR) is 97.8 cm³/mol. The molecular formula is C22H18O3. The zero-order valence-electron chi connectivity index (χ0n) is 14.0. The van der Waals surface area contributed by atoms with Gasteiger partial charge in [0.2, 0.25) is 0 Å². The fourth-order valence-corrected chi connectivity index (χ4v) is 3.28. The van der Waals surface area contributed by atoms with Crippen molar-refractivity contribution in [3.05, 3.63) is 106 Å². The van der Waals surface area contributed by atoms with Crippen LogP contribution in [0.1, 0.15) is 34.1 Å². The normalized spacial score (nSPS) is 15.7. The Morgan fingerprint density at radius 2 is 1.64 bits per heavy atom. The number of hydrogen-bond donors (Lipinski definition) is 0. The number of benzene rings is 2. The van der Waals surface area contributed by atoms with Crippen molar-refractivity contribution in [1.82, 2.24) is 0 Å². The van der Waals surface area contributed by atoms with E-state index in [1.54, 1.807) is 0 Å². The summed E-state index contributed by atoms with van der Waals surface area (Å²) in [7, 11) is 0. The van der Waals surface area contributed by atoms with Gasteiger partial charge in [0.15, 0.2) is 0 Å². The molecule has 0 saturated carbocycles. The van der Waals surface area contributed by atoms with Crippen LogP contribution in [-0.4, -0.2) is 0 Å². The Bertz CT molecular complexity index is 985. The minimum Gasteiger partial charge on any atom is -0.480 e. The molecule has 0 bridgehead atoms. The lowest BCUT2D eigenvalue weighted by molar-refractivity contribution is 0.278. The first kappa shape index (κ1) is 15.5. The van der Waals surface area contributed by atoms with Gasteiger partial charge in [-0.25, -0.2) is 4.79 Å². The quantitative estimate of drug-likeness (QED) is 0.699. The van der Waals surface area contributed by atoms with Gasteiger partial charge in [0.05, 0.1) is 0 Å². The van der Waals surface area contributed by atoms with Crippen molar-refractivity contribution in [2.75, 3.05) is 0 Å². The number of ether oxygens (including phenoxy) is 1. The van der Waals surface area contributed by atoms with Crippen LogP contribution in [0.4, 0.5) is 0 Å². The molecule has 0 aliphatic carbocycles. The van der Waals surface area contributed by atoms with Crippen molar-refractivity contribution in [2.24, 2.45) is 0 Å². The lowest BCUT2D eigenvalue weighted by atomic mass is 9.97. The summed E-state index contributed by atoms with van der Waals surface area (Å²) in [5.41, 5.74) is 3.76. The van der Waals surface area contributed by atoms with Crippen LogP contribution in [0.15, 0.2) is 76.5 Å². The molecule has 0 amide bonds. The maximum atomic E-state index is 12.4. The maximum absolute atomic E-state index is 12.4. The highest BCUT2D eigenvalue weighted by Crippen LogP contribution is 2.45. The average Bonchev–Trinajstić information content (AvgIpc) is 2.98. The zero-order chi connectivity index (χ0) is 17.4. The fraction of sp³-hybridized carbons (Fsp3) is 0.136. The monoisotopic (exact) mass is 330 g/mol. The van der Waals surface area contributed by atoms with Crippen LogP contribution in [0.25, 0.3) is 5.57 Å². The predicted octanol–water partition coefficient (Wildman–Crippen LogP) is 4.69. The number of rotatable bonds is 3. The molecule has 0 radical (unpaired) electrons. The van der Waals surface area contributed by atoms with Gasteiger partial charge in [0, 0.05) is 17.6 Å². The summed E-state index contributed by atoms with van der Waals surface area (Å²) in [6, 6.07) is 19.9. The SMILES string of the molecule is C=C1c2c(c(Cc3ccccc3)c(C)oc2=O)OC1c1ccccc1. The molecule has 2 heterocycles. The third kappa shape index (κ3) is 2.68. The van der Waals surface area contributed by atoms with E-state index in [2.05, 4.69) is 18.7 Å². The van der Waals surface area contributed by atoms with Crippen LogP contribution in [-0.2, 0) is 6.42 Å². The summed E-state index contributed by atoms with van der Waals surface area (Å²) in [5, 5.41) is 0. The van der Waals surface area contributed by atoms with E-state index in [1.165, 1.54) is 0 Å². The van der Waals surface area contributed by atoms with E-state index < -0.39 is 0 Å². The Kier molecular flexibility index (Phi) is 3.77. The van der Waals surface area contributed by atoms with E-state index in [0.29, 0.717) is 29.1 Å². The van der Waals surface area contributed by atoms with E-state index in [4.69, 9.17) is 9.15 Å². The van der Waals surface area contributed by atoms with Gasteiger partial charge in [-0.2, -0.15) is 0 Å². The second-order valence-electron chi connectivity index (χ2n) is 6.22. The molecule has 0 N–H and O–H groups in total. The zero-order valence-corrected chi connectivity index (χ0v) is 14.0. The molecule has 3 heteroatoms. The molecular weight excluding hydrogens is 312 g/mol. The first-order valence-corrected chi connectivity index (χ1v) is 8.26. The lowest BCUT2D eigenvalue weighted by Gasteiger charge is -2.13. The van der Waals surface area contributed by atoms with Gasteiger partial charge in [-0.1, -0.05) is 67.2 Å². The summed E-state index contributed by atoms with van der Waals surface area (Å²) in [6.45, 7) is 5.91. The molecule has 1 aromatic heterocycles. The number of aryl methyl sites for hydroxylation is 1. The Morgan fingerprint density at radius 1 is 1.00 bits per heavy atom. The topological polar surface area (TPSA) is 39.4 Å². The second kappa shape index (κ2) is 6.10. The smallest absolute Gasteiger partial charge is 0.347 e. The van der Waals surface area contributed by atoms with Crippen LogP contribution >= 0.6 is 0 Å². The van der Waals surface area contributed by atoms with Crippen molar-refractivity contribution < 1.29 is 9.15 Å². The standard InChI is InChI=1S/C22H18O3/c1-14-19-21(25-20(14)17-11-7-4-8-12-17)18(15(2)24-22(19)23)13-16-9-5-3-6-10-16/h3-12,20H,1,13H2,2H3. The van der Waals surface area contributed by atoms with Crippen molar-refractivity contribution >= 4 is 5.57 Å². The summed E-state index contributed by atoms with van der Waals surface area (Å²) in [4.78, 5) is 12.4. The second-order valence-corrected chi connectivity index (χ2v) is 6.22. The molecule has 1 aliphatic heterocycles. The minimum absolute atomic E-state index is 0.351. The van der Waals surface area contributed by atoms with Crippen molar-refractivity contribution in [3.8, 4) is 5.75 Å². The first-order chi connectivity index (χ1) is 12.1. The highest BCUT2D eigenvalue weighted by Gasteiger charge is 2.34. The molecule has 4 rings (SSSR count). The summed E-state index contributed by atoms with van der Waals surface area (Å²) < 4.78 is 11.7. The minimum atomic E-state index is -0.382. The van der Waals surface area contributed by atoms with E-state index in [-0.39, 0.29) is 11.7 Å². The fourth-order valence-electron chi connectivity index (χ4n) is 3.28. The van der Waals surface area contributed by atoms with Crippen molar-refractivity contribution in [2.45, 2.75) is 19.4 Å². The largest absolute Gasteiger partial charge is 0.480 e. The molecule has 3 aromatic rings. The molecule has 0 saturated heterocycles. The van der Waals surface area contributed by atoms with E-state index in [0.717, 1.165) is 16.7 Å². The Hall–Kier alpha value is -3.07. The van der Waals surface area contributed by atoms with Crippen LogP contribution in [0.3, 0.4) is 0 Å². The van der Waals surface area contributed by atoms with Crippen molar-refractivity contribution in [1.29, 1.82) is 0 Å². The summed E-state index contributed by atoms with van der Waals surface area (Å²) in [5.74, 6) is 1.20. The van der Waals surface area contributed by atoms with E-state index in [9.17, 15) is 4.79 Å². The van der Waals surface area contributed by atoms with E-state index >= 15 is 0 Å². The maximum Gasteiger partial charge on any atom is 0.347 e. The molecule has 124 valence electrons. The molecule has 1 unspecified atom stereocenters. The van der Waals surface area contributed by atoms with Crippen LogP contribution in [0.5, 0.6) is 5.75 Å². The van der Waals surface area contributed by atoms with Crippen molar-refractivity contribution in [3.63, 3.8) is 0 Å². The van der Waals surface area contributed by atoms with Crippen LogP contribution in [0, 0.1) is 6.92 Å². The van der Waals surface area contributed by atoms with Gasteiger partial charge >= 0.3 is 5.63 Å².